The zero-order valence-electron chi connectivity index (χ0n) is 15.7. The maximum atomic E-state index is 12.3. The number of hydrogen-bond acceptors (Lipinski definition) is 6. The molecule has 10 heteroatoms. The number of hydrogen-bond donors (Lipinski definition) is 6. The maximum absolute atomic E-state index is 12.3. The van der Waals surface area contributed by atoms with Gasteiger partial charge in [0.15, 0.2) is 0 Å². The molecule has 6 N–H and O–H groups in total. The summed E-state index contributed by atoms with van der Waals surface area (Å²) in [5.41, 5.74) is 6.27. The molecule has 0 aliphatic rings. The molecule has 0 saturated carbocycles. The Hall–Kier alpha value is -2.59. The van der Waals surface area contributed by atoms with Crippen molar-refractivity contribution in [3.63, 3.8) is 0 Å². The quantitative estimate of drug-likeness (QED) is 0.274. The van der Waals surface area contributed by atoms with Gasteiger partial charge in [0, 0.05) is 12.2 Å². The Balaban J connectivity index is 2.61. The first-order valence-electron chi connectivity index (χ1n) is 8.70. The molecule has 0 fully saturated rings. The molecule has 1 rings (SSSR count). The Kier molecular flexibility index (Phi) is 9.46. The third-order valence-corrected chi connectivity index (χ3v) is 4.33. The highest BCUT2D eigenvalue weighted by atomic mass is 32.1. The van der Waals surface area contributed by atoms with Crippen LogP contribution in [0.15, 0.2) is 30.3 Å². The molecule has 28 heavy (non-hydrogen) atoms. The van der Waals surface area contributed by atoms with Gasteiger partial charge in [-0.3, -0.25) is 14.4 Å². The Morgan fingerprint density at radius 3 is 1.96 bits per heavy atom. The number of amides is 3. The van der Waals surface area contributed by atoms with E-state index in [0.717, 1.165) is 5.56 Å². The van der Waals surface area contributed by atoms with Gasteiger partial charge in [-0.1, -0.05) is 30.3 Å². The third-order valence-electron chi connectivity index (χ3n) is 3.93. The summed E-state index contributed by atoms with van der Waals surface area (Å²) in [4.78, 5) is 47.5. The first kappa shape index (κ1) is 23.4. The number of thiol groups is 1. The minimum atomic E-state index is -1.18. The van der Waals surface area contributed by atoms with E-state index in [2.05, 4.69) is 28.6 Å². The van der Waals surface area contributed by atoms with Crippen LogP contribution in [0, 0.1) is 0 Å². The largest absolute Gasteiger partial charge is 0.480 e. The zero-order chi connectivity index (χ0) is 21.3. The molecule has 154 valence electrons. The summed E-state index contributed by atoms with van der Waals surface area (Å²) in [5, 5.41) is 16.6. The molecule has 0 spiro atoms. The van der Waals surface area contributed by atoms with Gasteiger partial charge in [0.05, 0.1) is 6.04 Å². The molecule has 1 aromatic rings. The average Bonchev–Trinajstić information content (AvgIpc) is 2.66. The van der Waals surface area contributed by atoms with Crippen molar-refractivity contribution in [1.29, 1.82) is 0 Å². The molecule has 0 heterocycles. The molecular weight excluding hydrogens is 384 g/mol. The lowest BCUT2D eigenvalue weighted by molar-refractivity contribution is -0.142. The summed E-state index contributed by atoms with van der Waals surface area (Å²) in [7, 11) is 0. The van der Waals surface area contributed by atoms with Gasteiger partial charge < -0.3 is 26.8 Å². The van der Waals surface area contributed by atoms with Crippen LogP contribution in [0.5, 0.6) is 0 Å². The van der Waals surface area contributed by atoms with Crippen molar-refractivity contribution in [2.45, 2.75) is 44.4 Å². The van der Waals surface area contributed by atoms with Crippen molar-refractivity contribution < 1.29 is 24.3 Å². The molecule has 0 saturated heterocycles. The van der Waals surface area contributed by atoms with Crippen LogP contribution >= 0.6 is 12.6 Å². The molecule has 4 atom stereocenters. The van der Waals surface area contributed by atoms with E-state index in [1.165, 1.54) is 13.8 Å². The summed E-state index contributed by atoms with van der Waals surface area (Å²) < 4.78 is 0. The first-order valence-corrected chi connectivity index (χ1v) is 9.33. The summed E-state index contributed by atoms with van der Waals surface area (Å²) >= 11 is 3.91. The van der Waals surface area contributed by atoms with Gasteiger partial charge in [0.1, 0.15) is 18.1 Å². The van der Waals surface area contributed by atoms with E-state index in [1.807, 2.05) is 0 Å². The van der Waals surface area contributed by atoms with Crippen LogP contribution in [0.4, 0.5) is 0 Å². The van der Waals surface area contributed by atoms with Gasteiger partial charge in [0.2, 0.25) is 17.7 Å². The lowest BCUT2D eigenvalue weighted by atomic mass is 10.1. The van der Waals surface area contributed by atoms with Crippen LogP contribution in [0.25, 0.3) is 0 Å². The number of nitrogens with one attached hydrogen (secondary N) is 3. The Morgan fingerprint density at radius 2 is 1.46 bits per heavy atom. The minimum Gasteiger partial charge on any atom is -0.480 e. The van der Waals surface area contributed by atoms with Crippen molar-refractivity contribution in [2.75, 3.05) is 5.75 Å². The second kappa shape index (κ2) is 11.3. The second-order valence-corrected chi connectivity index (χ2v) is 6.70. The number of carboxylic acids is 1. The monoisotopic (exact) mass is 410 g/mol. The first-order chi connectivity index (χ1) is 13.1. The Labute approximate surface area is 168 Å². The van der Waals surface area contributed by atoms with Gasteiger partial charge in [-0.15, -0.1) is 0 Å². The van der Waals surface area contributed by atoms with Crippen molar-refractivity contribution in [1.82, 2.24) is 16.0 Å². The average molecular weight is 410 g/mol. The topological polar surface area (TPSA) is 151 Å². The van der Waals surface area contributed by atoms with Crippen LogP contribution in [0.1, 0.15) is 19.4 Å². The fourth-order valence-corrected chi connectivity index (χ4v) is 2.39. The molecule has 4 unspecified atom stereocenters. The predicted octanol–water partition coefficient (Wildman–Crippen LogP) is -0.935. The van der Waals surface area contributed by atoms with E-state index in [0.29, 0.717) is 0 Å². The highest BCUT2D eigenvalue weighted by Gasteiger charge is 2.26. The van der Waals surface area contributed by atoms with Gasteiger partial charge >= 0.3 is 5.97 Å². The highest BCUT2D eigenvalue weighted by molar-refractivity contribution is 7.80. The van der Waals surface area contributed by atoms with Crippen molar-refractivity contribution in [3.05, 3.63) is 35.9 Å². The Bertz CT molecular complexity index is 700. The van der Waals surface area contributed by atoms with Crippen LogP contribution in [-0.2, 0) is 25.6 Å². The van der Waals surface area contributed by atoms with Crippen LogP contribution in [-0.4, -0.2) is 58.7 Å². The number of carbonyl (C=O) groups is 4. The number of aliphatic carboxylic acids is 1. The number of carbonyl (C=O) groups excluding carboxylic acids is 3. The van der Waals surface area contributed by atoms with E-state index < -0.39 is 47.9 Å². The van der Waals surface area contributed by atoms with Crippen LogP contribution in [0.2, 0.25) is 0 Å². The summed E-state index contributed by atoms with van der Waals surface area (Å²) in [6.07, 6.45) is 0.108. The van der Waals surface area contributed by atoms with Gasteiger partial charge in [0.25, 0.3) is 0 Å². The van der Waals surface area contributed by atoms with Crippen LogP contribution < -0.4 is 21.7 Å². The minimum absolute atomic E-state index is 0.108. The molecule has 3 amide bonds. The molecule has 0 aromatic heterocycles. The van der Waals surface area contributed by atoms with Crippen LogP contribution in [0.3, 0.4) is 0 Å². The summed E-state index contributed by atoms with van der Waals surface area (Å²) in [5.74, 6) is -2.85. The van der Waals surface area contributed by atoms with Crippen molar-refractivity contribution in [3.8, 4) is 0 Å². The normalized spacial score (nSPS) is 14.9. The molecule has 0 radical (unpaired) electrons. The van der Waals surface area contributed by atoms with Crippen molar-refractivity contribution >= 4 is 36.3 Å². The van der Waals surface area contributed by atoms with Crippen molar-refractivity contribution in [2.24, 2.45) is 5.73 Å². The van der Waals surface area contributed by atoms with Gasteiger partial charge in [-0.25, -0.2) is 4.79 Å². The molecule has 0 bridgehead atoms. The molecule has 9 nitrogen and oxygen atoms in total. The Morgan fingerprint density at radius 1 is 0.964 bits per heavy atom. The smallest absolute Gasteiger partial charge is 0.326 e. The predicted molar refractivity (Wildman–Crippen MR) is 107 cm³/mol. The molecule has 0 aliphatic carbocycles. The number of benzene rings is 1. The van der Waals surface area contributed by atoms with Gasteiger partial charge in [-0.2, -0.15) is 12.6 Å². The summed E-state index contributed by atoms with van der Waals surface area (Å²) in [6, 6.07) is 4.95. The van der Waals surface area contributed by atoms with E-state index >= 15 is 0 Å². The lowest BCUT2D eigenvalue weighted by Crippen LogP contribution is -2.55. The highest BCUT2D eigenvalue weighted by Crippen LogP contribution is 2.04. The summed E-state index contributed by atoms with van der Waals surface area (Å²) in [6.45, 7) is 2.86. The molecular formula is C18H26N4O5S. The lowest BCUT2D eigenvalue weighted by Gasteiger charge is -2.21. The number of rotatable bonds is 10. The standard InChI is InChI=1S/C18H26N4O5S/c1-10(21-17(25)13(19)9-28)15(23)20-11(2)16(24)22-14(18(26)27)8-12-6-4-3-5-7-12/h3-7,10-11,13-14,28H,8-9,19H2,1-2H3,(H,20,23)(H,21,25)(H,22,24)(H,26,27). The molecule has 0 aliphatic heterocycles. The van der Waals surface area contributed by atoms with E-state index in [1.54, 1.807) is 30.3 Å². The maximum Gasteiger partial charge on any atom is 0.326 e. The number of carboxylic acid groups (broad SMARTS) is 1. The second-order valence-electron chi connectivity index (χ2n) is 6.34. The van der Waals surface area contributed by atoms with E-state index in [4.69, 9.17) is 5.73 Å². The fourth-order valence-electron chi connectivity index (χ4n) is 2.22. The molecule has 1 aromatic carbocycles. The third kappa shape index (κ3) is 7.57. The van der Waals surface area contributed by atoms with E-state index in [9.17, 15) is 24.3 Å². The SMILES string of the molecule is CC(NC(=O)C(N)CS)C(=O)NC(C)C(=O)NC(Cc1ccccc1)C(=O)O. The fraction of sp³-hybridized carbons (Fsp3) is 0.444. The number of nitrogens with two attached hydrogens (primary N) is 1. The van der Waals surface area contributed by atoms with E-state index in [-0.39, 0.29) is 12.2 Å². The van der Waals surface area contributed by atoms with Gasteiger partial charge in [-0.05, 0) is 19.4 Å². The zero-order valence-corrected chi connectivity index (χ0v) is 16.6.